The van der Waals surface area contributed by atoms with Crippen LogP contribution in [0.2, 0.25) is 0 Å². The third kappa shape index (κ3) is 1.87. The highest BCUT2D eigenvalue weighted by atomic mass is 79.9. The second-order valence-corrected chi connectivity index (χ2v) is 4.20. The zero-order chi connectivity index (χ0) is 11.0. The Kier molecular flexibility index (Phi) is 2.48. The monoisotopic (exact) mass is 269 g/mol. The molecule has 0 spiro atoms. The van der Waals surface area contributed by atoms with Crippen LogP contribution in [0.25, 0.3) is 5.69 Å². The van der Waals surface area contributed by atoms with Crippen molar-refractivity contribution in [2.24, 2.45) is 0 Å². The fourth-order valence-corrected chi connectivity index (χ4v) is 1.86. The summed E-state index contributed by atoms with van der Waals surface area (Å²) in [5, 5.41) is 2.53. The Hall–Kier alpha value is -1.36. The molecule has 1 aromatic carbocycles. The molecule has 1 aromatic heterocycles. The van der Waals surface area contributed by atoms with Gasteiger partial charge in [0.1, 0.15) is 0 Å². The number of hydrogen-bond acceptors (Lipinski definition) is 2. The van der Waals surface area contributed by atoms with Gasteiger partial charge in [0.2, 0.25) is 5.69 Å². The summed E-state index contributed by atoms with van der Waals surface area (Å²) in [5.41, 5.74) is 2.71. The van der Waals surface area contributed by atoms with Crippen LogP contribution >= 0.6 is 15.9 Å². The Morgan fingerprint density at radius 3 is 2.33 bits per heavy atom. The number of aromatic amines is 1. The quantitative estimate of drug-likeness (QED) is 0.800. The van der Waals surface area contributed by atoms with Crippen LogP contribution in [0, 0.1) is 13.8 Å². The molecule has 2 aromatic rings. The smallest absolute Gasteiger partial charge is 0.282 e. The molecule has 0 saturated carbocycles. The van der Waals surface area contributed by atoms with Gasteiger partial charge in [-0.3, -0.25) is 4.52 Å². The molecule has 0 bridgehead atoms. The number of halogens is 1. The lowest BCUT2D eigenvalue weighted by Gasteiger charge is -1.96. The van der Waals surface area contributed by atoms with Gasteiger partial charge >= 0.3 is 10.2 Å². The van der Waals surface area contributed by atoms with E-state index in [0.717, 1.165) is 16.8 Å². The fraction of sp³-hybridized carbons (Fsp3) is 0.200. The average Bonchev–Trinajstić information content (AvgIpc) is 2.46. The van der Waals surface area contributed by atoms with Crippen molar-refractivity contribution >= 4 is 15.9 Å². The van der Waals surface area contributed by atoms with Crippen molar-refractivity contribution < 1.29 is 9.20 Å². The molecule has 5 heteroatoms. The van der Waals surface area contributed by atoms with Crippen molar-refractivity contribution in [1.82, 2.24) is 5.27 Å². The minimum absolute atomic E-state index is 0.354. The Morgan fingerprint density at radius 1 is 1.27 bits per heavy atom. The standard InChI is InChI=1S/C10H9BrN2O2/c1-6-3-7(2)5-8(4-6)13-9(11)10(14)15-12-13/h3-5H,1-2H3/p+1. The summed E-state index contributed by atoms with van der Waals surface area (Å²) in [6.07, 6.45) is 0. The van der Waals surface area contributed by atoms with Gasteiger partial charge < -0.3 is 0 Å². The number of nitrogens with one attached hydrogen (secondary N) is 1. The summed E-state index contributed by atoms with van der Waals surface area (Å²) < 4.78 is 6.58. The SMILES string of the molecule is Cc1cc(C)cc(-[n+]2[nH]oc(=O)c2Br)c1. The van der Waals surface area contributed by atoms with Gasteiger partial charge in [-0.05, 0) is 34.9 Å². The summed E-state index contributed by atoms with van der Waals surface area (Å²) in [6, 6.07) is 5.99. The number of aryl methyl sites for hydroxylation is 2. The molecule has 15 heavy (non-hydrogen) atoms. The molecule has 0 radical (unpaired) electrons. The third-order valence-corrected chi connectivity index (χ3v) is 2.74. The van der Waals surface area contributed by atoms with Crippen LogP contribution < -0.4 is 10.3 Å². The first kappa shape index (κ1) is 10.2. The van der Waals surface area contributed by atoms with E-state index < -0.39 is 5.63 Å². The molecule has 0 aliphatic rings. The van der Waals surface area contributed by atoms with Gasteiger partial charge in [-0.2, -0.15) is 0 Å². The van der Waals surface area contributed by atoms with Crippen LogP contribution in [0.4, 0.5) is 0 Å². The Balaban J connectivity index is 2.63. The lowest BCUT2D eigenvalue weighted by atomic mass is 10.1. The van der Waals surface area contributed by atoms with E-state index in [9.17, 15) is 4.79 Å². The fourth-order valence-electron chi connectivity index (χ4n) is 1.51. The Labute approximate surface area is 94.6 Å². The van der Waals surface area contributed by atoms with E-state index >= 15 is 0 Å². The predicted molar refractivity (Wildman–Crippen MR) is 58.0 cm³/mol. The second kappa shape index (κ2) is 3.66. The van der Waals surface area contributed by atoms with Crippen molar-refractivity contribution in [1.29, 1.82) is 0 Å². The van der Waals surface area contributed by atoms with Crippen molar-refractivity contribution in [2.45, 2.75) is 13.8 Å². The number of hydrogen-bond donors (Lipinski definition) is 1. The van der Waals surface area contributed by atoms with E-state index in [1.807, 2.05) is 26.0 Å². The van der Waals surface area contributed by atoms with Crippen LogP contribution in [0.15, 0.2) is 32.1 Å². The first-order valence-corrected chi connectivity index (χ1v) is 5.25. The normalized spacial score (nSPS) is 10.6. The van der Waals surface area contributed by atoms with Gasteiger partial charge in [0.15, 0.2) is 0 Å². The topological polar surface area (TPSA) is 49.9 Å². The largest absolute Gasteiger partial charge is 0.442 e. The highest BCUT2D eigenvalue weighted by Gasteiger charge is 2.20. The summed E-state index contributed by atoms with van der Waals surface area (Å²) >= 11 is 3.16. The maximum atomic E-state index is 11.1. The molecule has 0 atom stereocenters. The van der Waals surface area contributed by atoms with Gasteiger partial charge in [0.25, 0.3) is 0 Å². The summed E-state index contributed by atoms with van der Waals surface area (Å²) in [5.74, 6) is 0. The van der Waals surface area contributed by atoms with Crippen LogP contribution in [0.1, 0.15) is 11.1 Å². The molecule has 0 unspecified atom stereocenters. The van der Waals surface area contributed by atoms with Crippen molar-refractivity contribution in [3.8, 4) is 5.69 Å². The number of aromatic nitrogens is 2. The minimum atomic E-state index is -0.422. The van der Waals surface area contributed by atoms with Crippen LogP contribution in [-0.2, 0) is 0 Å². The van der Waals surface area contributed by atoms with Crippen LogP contribution in [-0.4, -0.2) is 5.27 Å². The highest BCUT2D eigenvalue weighted by molar-refractivity contribution is 9.10. The van der Waals surface area contributed by atoms with E-state index in [0.29, 0.717) is 4.60 Å². The maximum Gasteiger partial charge on any atom is 0.442 e. The van der Waals surface area contributed by atoms with Crippen molar-refractivity contribution in [3.05, 3.63) is 44.3 Å². The molecule has 0 fully saturated rings. The van der Waals surface area contributed by atoms with Crippen molar-refractivity contribution in [2.75, 3.05) is 0 Å². The Morgan fingerprint density at radius 2 is 1.87 bits per heavy atom. The first-order chi connectivity index (χ1) is 7.08. The molecule has 2 rings (SSSR count). The van der Waals surface area contributed by atoms with Crippen LogP contribution in [0.3, 0.4) is 0 Å². The minimum Gasteiger partial charge on any atom is -0.282 e. The summed E-state index contributed by atoms with van der Waals surface area (Å²) in [6.45, 7) is 4.01. The third-order valence-electron chi connectivity index (χ3n) is 2.06. The van der Waals surface area contributed by atoms with Gasteiger partial charge in [-0.25, -0.2) is 4.79 Å². The lowest BCUT2D eigenvalue weighted by molar-refractivity contribution is -0.680. The molecule has 0 aliphatic carbocycles. The van der Waals surface area contributed by atoms with Gasteiger partial charge in [-0.15, -0.1) is 0 Å². The zero-order valence-electron chi connectivity index (χ0n) is 8.37. The molecule has 1 N–H and O–H groups in total. The average molecular weight is 270 g/mol. The molecule has 0 saturated heterocycles. The maximum absolute atomic E-state index is 11.1. The van der Waals surface area contributed by atoms with E-state index in [1.54, 1.807) is 4.68 Å². The highest BCUT2D eigenvalue weighted by Crippen LogP contribution is 2.09. The number of benzene rings is 1. The van der Waals surface area contributed by atoms with Crippen LogP contribution in [0.5, 0.6) is 0 Å². The number of nitrogens with zero attached hydrogens (tertiary/aromatic N) is 1. The van der Waals surface area contributed by atoms with Gasteiger partial charge in [0.05, 0.1) is 0 Å². The first-order valence-electron chi connectivity index (χ1n) is 4.45. The molecule has 1 heterocycles. The van der Waals surface area contributed by atoms with E-state index in [2.05, 4.69) is 31.8 Å². The lowest BCUT2D eigenvalue weighted by Crippen LogP contribution is -2.35. The molecule has 4 nitrogen and oxygen atoms in total. The number of rotatable bonds is 1. The predicted octanol–water partition coefficient (Wildman–Crippen LogP) is 1.62. The number of H-pyrrole nitrogens is 1. The molecule has 0 amide bonds. The second-order valence-electron chi connectivity index (χ2n) is 3.45. The summed E-state index contributed by atoms with van der Waals surface area (Å²) in [4.78, 5) is 11.1. The van der Waals surface area contributed by atoms with Gasteiger partial charge in [0, 0.05) is 28.1 Å². The van der Waals surface area contributed by atoms with E-state index in [-0.39, 0.29) is 0 Å². The molecular formula is C10H10BrN2O2+. The van der Waals surface area contributed by atoms with E-state index in [4.69, 9.17) is 0 Å². The van der Waals surface area contributed by atoms with Gasteiger partial charge in [-0.1, -0.05) is 6.07 Å². The molecule has 78 valence electrons. The van der Waals surface area contributed by atoms with Crippen molar-refractivity contribution in [3.63, 3.8) is 0 Å². The molecular weight excluding hydrogens is 260 g/mol. The zero-order valence-corrected chi connectivity index (χ0v) is 9.96. The Bertz CT molecular complexity index is 537. The van der Waals surface area contributed by atoms with E-state index in [1.165, 1.54) is 0 Å². The molecule has 0 aliphatic heterocycles. The summed E-state index contributed by atoms with van der Waals surface area (Å²) in [7, 11) is 0.